The third-order valence-electron chi connectivity index (χ3n) is 6.95. The first-order valence-electron chi connectivity index (χ1n) is 13.2. The van der Waals surface area contributed by atoms with Gasteiger partial charge in [-0.2, -0.15) is 0 Å². The molecule has 2 amide bonds. The van der Waals surface area contributed by atoms with E-state index in [0.717, 1.165) is 42.4 Å². The van der Waals surface area contributed by atoms with Crippen LogP contribution in [0.25, 0.3) is 0 Å². The Morgan fingerprint density at radius 3 is 2.27 bits per heavy atom. The topological polar surface area (TPSA) is 92.6 Å². The van der Waals surface area contributed by atoms with Gasteiger partial charge in [0.1, 0.15) is 6.04 Å². The molecular formula is C30H31Cl2N3O4S. The van der Waals surface area contributed by atoms with Crippen molar-refractivity contribution in [2.24, 2.45) is 0 Å². The number of amides is 2. The standard InChI is InChI=1S/C30H31Cl2N3O4S/c31-26-15-12-23(16-27(26)32)18-34(29(36)20-40-19-22-10-13-25(14-11-22)35(38)39)28(17-21-6-2-1-3-7-21)30(37)33-24-8-4-5-9-24/h1-3,6-7,10-16,24,28H,4-5,8-9,17-20H2,(H,33,37). The van der Waals surface area contributed by atoms with Crippen LogP contribution in [0.15, 0.2) is 72.8 Å². The first-order chi connectivity index (χ1) is 19.3. The Balaban J connectivity index is 1.56. The number of thioether (sulfide) groups is 1. The van der Waals surface area contributed by atoms with Crippen LogP contribution in [0.4, 0.5) is 5.69 Å². The molecule has 10 heteroatoms. The Morgan fingerprint density at radius 2 is 1.62 bits per heavy atom. The lowest BCUT2D eigenvalue weighted by Gasteiger charge is -2.32. The number of carbonyl (C=O) groups excluding carboxylic acids is 2. The van der Waals surface area contributed by atoms with Crippen LogP contribution < -0.4 is 5.32 Å². The number of nitro benzene ring substituents is 1. The Labute approximate surface area is 248 Å². The lowest BCUT2D eigenvalue weighted by atomic mass is 10.0. The van der Waals surface area contributed by atoms with E-state index in [4.69, 9.17) is 23.2 Å². The number of nitrogens with zero attached hydrogens (tertiary/aromatic N) is 2. The molecule has 0 saturated heterocycles. The number of rotatable bonds is 12. The number of non-ortho nitro benzene ring substituents is 1. The van der Waals surface area contributed by atoms with Crippen molar-refractivity contribution in [3.8, 4) is 0 Å². The molecule has 1 aliphatic rings. The zero-order valence-electron chi connectivity index (χ0n) is 21.9. The Bertz CT molecular complexity index is 1320. The summed E-state index contributed by atoms with van der Waals surface area (Å²) in [6, 6.07) is 20.6. The van der Waals surface area contributed by atoms with Gasteiger partial charge in [-0.15, -0.1) is 11.8 Å². The molecule has 0 spiro atoms. The SMILES string of the molecule is O=C(NC1CCCC1)C(Cc1ccccc1)N(Cc1ccc(Cl)c(Cl)c1)C(=O)CSCc1ccc([N+](=O)[O-])cc1. The number of nitrogens with one attached hydrogen (secondary N) is 1. The Hall–Kier alpha value is -3.07. The van der Waals surface area contributed by atoms with Crippen molar-refractivity contribution < 1.29 is 14.5 Å². The monoisotopic (exact) mass is 599 g/mol. The molecule has 1 aliphatic carbocycles. The predicted molar refractivity (Wildman–Crippen MR) is 161 cm³/mol. The van der Waals surface area contributed by atoms with Crippen LogP contribution in [-0.2, 0) is 28.3 Å². The van der Waals surface area contributed by atoms with Crippen molar-refractivity contribution in [2.45, 2.75) is 56.5 Å². The maximum atomic E-state index is 13.8. The van der Waals surface area contributed by atoms with Gasteiger partial charge in [0.2, 0.25) is 11.8 Å². The summed E-state index contributed by atoms with van der Waals surface area (Å²) in [5, 5.41) is 14.9. The predicted octanol–water partition coefficient (Wildman–Crippen LogP) is 6.83. The lowest BCUT2D eigenvalue weighted by molar-refractivity contribution is -0.384. The van der Waals surface area contributed by atoms with Crippen LogP contribution in [0.3, 0.4) is 0 Å². The van der Waals surface area contributed by atoms with E-state index in [1.165, 1.54) is 23.9 Å². The first kappa shape index (κ1) is 29.9. The molecule has 3 aromatic rings. The molecule has 0 aromatic heterocycles. The second-order valence-electron chi connectivity index (χ2n) is 9.88. The van der Waals surface area contributed by atoms with Crippen molar-refractivity contribution >= 4 is 52.5 Å². The summed E-state index contributed by atoms with van der Waals surface area (Å²) in [6.07, 6.45) is 4.42. The van der Waals surface area contributed by atoms with Gasteiger partial charge in [0.25, 0.3) is 5.69 Å². The van der Waals surface area contributed by atoms with Gasteiger partial charge in [0.05, 0.1) is 20.7 Å². The van der Waals surface area contributed by atoms with Crippen molar-refractivity contribution in [1.29, 1.82) is 0 Å². The van der Waals surface area contributed by atoms with Gasteiger partial charge in [-0.1, -0.05) is 84.6 Å². The second-order valence-corrected chi connectivity index (χ2v) is 11.7. The van der Waals surface area contributed by atoms with Crippen LogP contribution in [-0.4, -0.2) is 39.5 Å². The highest BCUT2D eigenvalue weighted by atomic mass is 35.5. The molecule has 210 valence electrons. The number of carbonyl (C=O) groups is 2. The highest BCUT2D eigenvalue weighted by Crippen LogP contribution is 2.26. The first-order valence-corrected chi connectivity index (χ1v) is 15.1. The highest BCUT2D eigenvalue weighted by Gasteiger charge is 2.32. The van der Waals surface area contributed by atoms with E-state index in [2.05, 4.69) is 5.32 Å². The van der Waals surface area contributed by atoms with E-state index in [0.29, 0.717) is 22.2 Å². The number of hydrogen-bond acceptors (Lipinski definition) is 5. The zero-order valence-corrected chi connectivity index (χ0v) is 24.3. The molecule has 40 heavy (non-hydrogen) atoms. The maximum absolute atomic E-state index is 13.8. The molecule has 4 rings (SSSR count). The molecule has 1 unspecified atom stereocenters. The lowest BCUT2D eigenvalue weighted by Crippen LogP contribution is -2.52. The number of nitro groups is 1. The fourth-order valence-electron chi connectivity index (χ4n) is 4.81. The minimum absolute atomic E-state index is 0.0228. The normalized spacial score (nSPS) is 14.1. The third kappa shape index (κ3) is 8.46. The minimum atomic E-state index is -0.718. The quantitative estimate of drug-likeness (QED) is 0.182. The van der Waals surface area contributed by atoms with Crippen LogP contribution in [0, 0.1) is 10.1 Å². The molecule has 0 bridgehead atoms. The van der Waals surface area contributed by atoms with E-state index in [-0.39, 0.29) is 35.8 Å². The van der Waals surface area contributed by atoms with Gasteiger partial charge in [-0.25, -0.2) is 0 Å². The van der Waals surface area contributed by atoms with E-state index in [1.807, 2.05) is 36.4 Å². The van der Waals surface area contributed by atoms with Gasteiger partial charge in [0, 0.05) is 36.9 Å². The maximum Gasteiger partial charge on any atom is 0.269 e. The van der Waals surface area contributed by atoms with Crippen LogP contribution in [0.2, 0.25) is 10.0 Å². The number of halogens is 2. The van der Waals surface area contributed by atoms with Crippen LogP contribution in [0.1, 0.15) is 42.4 Å². The second kappa shape index (κ2) is 14.5. The van der Waals surface area contributed by atoms with E-state index < -0.39 is 11.0 Å². The largest absolute Gasteiger partial charge is 0.352 e. The van der Waals surface area contributed by atoms with E-state index in [9.17, 15) is 19.7 Å². The Morgan fingerprint density at radius 1 is 0.950 bits per heavy atom. The van der Waals surface area contributed by atoms with Gasteiger partial charge in [-0.05, 0) is 41.7 Å². The Kier molecular flexibility index (Phi) is 10.9. The summed E-state index contributed by atoms with van der Waals surface area (Å²) in [4.78, 5) is 39.7. The van der Waals surface area contributed by atoms with Gasteiger partial charge in [-0.3, -0.25) is 19.7 Å². The van der Waals surface area contributed by atoms with Gasteiger partial charge < -0.3 is 10.2 Å². The van der Waals surface area contributed by atoms with Gasteiger partial charge >= 0.3 is 0 Å². The van der Waals surface area contributed by atoms with Crippen LogP contribution >= 0.6 is 35.0 Å². The summed E-state index contributed by atoms with van der Waals surface area (Å²) >= 11 is 13.8. The zero-order chi connectivity index (χ0) is 28.5. The summed E-state index contributed by atoms with van der Waals surface area (Å²) in [6.45, 7) is 0.198. The average Bonchev–Trinajstić information content (AvgIpc) is 3.46. The molecule has 0 radical (unpaired) electrons. The molecule has 1 atom stereocenters. The van der Waals surface area contributed by atoms with Crippen molar-refractivity contribution in [2.75, 3.05) is 5.75 Å². The molecular weight excluding hydrogens is 569 g/mol. The smallest absolute Gasteiger partial charge is 0.269 e. The molecule has 3 aromatic carbocycles. The van der Waals surface area contributed by atoms with Crippen molar-refractivity contribution in [3.63, 3.8) is 0 Å². The van der Waals surface area contributed by atoms with Crippen molar-refractivity contribution in [3.05, 3.63) is 110 Å². The number of benzene rings is 3. The van der Waals surface area contributed by atoms with Crippen molar-refractivity contribution in [1.82, 2.24) is 10.2 Å². The van der Waals surface area contributed by atoms with E-state index in [1.54, 1.807) is 29.2 Å². The molecule has 1 N–H and O–H groups in total. The molecule has 0 aliphatic heterocycles. The summed E-state index contributed by atoms with van der Waals surface area (Å²) in [5.41, 5.74) is 2.63. The number of hydrogen-bond donors (Lipinski definition) is 1. The van der Waals surface area contributed by atoms with Crippen LogP contribution in [0.5, 0.6) is 0 Å². The summed E-state index contributed by atoms with van der Waals surface area (Å²) in [5.74, 6) is 0.299. The van der Waals surface area contributed by atoms with E-state index >= 15 is 0 Å². The fraction of sp³-hybridized carbons (Fsp3) is 0.333. The minimum Gasteiger partial charge on any atom is -0.352 e. The van der Waals surface area contributed by atoms with Gasteiger partial charge in [0.15, 0.2) is 0 Å². The third-order valence-corrected chi connectivity index (χ3v) is 8.68. The molecule has 7 nitrogen and oxygen atoms in total. The molecule has 1 saturated carbocycles. The highest BCUT2D eigenvalue weighted by molar-refractivity contribution is 7.99. The fourth-order valence-corrected chi connectivity index (χ4v) is 6.00. The summed E-state index contributed by atoms with van der Waals surface area (Å²) < 4.78 is 0. The molecule has 0 heterocycles. The summed E-state index contributed by atoms with van der Waals surface area (Å²) in [7, 11) is 0. The average molecular weight is 601 g/mol. The molecule has 1 fully saturated rings.